The van der Waals surface area contributed by atoms with Gasteiger partial charge in [0.15, 0.2) is 10.1 Å². The molecule has 0 radical (unpaired) electrons. The molecule has 5 aromatic rings. The maximum atomic E-state index is 12.8. The lowest BCUT2D eigenvalue weighted by atomic mass is 10.2. The molecule has 3 aromatic heterocycles. The van der Waals surface area contributed by atoms with E-state index in [9.17, 15) is 4.79 Å². The van der Waals surface area contributed by atoms with Gasteiger partial charge in [0.1, 0.15) is 10.3 Å². The Morgan fingerprint density at radius 1 is 1.07 bits per heavy atom. The maximum Gasteiger partial charge on any atom is 0.275 e. The Bertz CT molecular complexity index is 1380. The third kappa shape index (κ3) is 2.97. The molecule has 27 heavy (non-hydrogen) atoms. The number of benzene rings is 2. The van der Waals surface area contributed by atoms with Crippen molar-refractivity contribution in [2.24, 2.45) is 0 Å². The number of imidazole rings is 1. The molecule has 5 rings (SSSR count). The van der Waals surface area contributed by atoms with Gasteiger partial charge in [-0.2, -0.15) is 0 Å². The quantitative estimate of drug-likeness (QED) is 0.455. The lowest BCUT2D eigenvalue weighted by Gasteiger charge is -1.98. The van der Waals surface area contributed by atoms with Crippen LogP contribution in [0, 0.1) is 6.92 Å². The minimum absolute atomic E-state index is 0.0622. The molecule has 0 atom stereocenters. The van der Waals surface area contributed by atoms with Crippen molar-refractivity contribution in [2.75, 3.05) is 0 Å². The molecule has 0 bridgehead atoms. The number of furan rings is 1. The molecule has 0 aliphatic rings. The molecule has 0 saturated carbocycles. The van der Waals surface area contributed by atoms with Crippen molar-refractivity contribution < 1.29 is 4.42 Å². The van der Waals surface area contributed by atoms with Gasteiger partial charge in [0.05, 0.1) is 11.0 Å². The van der Waals surface area contributed by atoms with Crippen molar-refractivity contribution in [2.45, 2.75) is 16.9 Å². The molecule has 3 heterocycles. The minimum atomic E-state index is -0.0622. The molecule has 0 aliphatic carbocycles. The fourth-order valence-electron chi connectivity index (χ4n) is 2.93. The van der Waals surface area contributed by atoms with Crippen LogP contribution >= 0.6 is 23.1 Å². The summed E-state index contributed by atoms with van der Waals surface area (Å²) >= 11 is 2.94. The zero-order valence-corrected chi connectivity index (χ0v) is 16.0. The van der Waals surface area contributed by atoms with E-state index in [-0.39, 0.29) is 5.56 Å². The Morgan fingerprint density at radius 2 is 1.89 bits per heavy atom. The molecule has 0 spiro atoms. The first kappa shape index (κ1) is 16.4. The molecule has 0 N–H and O–H groups in total. The standard InChI is InChI=1S/C21H14N2O2S2/c1-13-6-9-15(10-7-13)26-19-11-8-14(25-19)12-18-20(24)23-17-5-3-2-4-16(17)22-21(23)27-18/h2-12H,1H3. The van der Waals surface area contributed by atoms with Crippen LogP contribution < -0.4 is 10.1 Å². The van der Waals surface area contributed by atoms with E-state index in [1.54, 1.807) is 22.2 Å². The highest BCUT2D eigenvalue weighted by Gasteiger charge is 2.11. The molecule has 132 valence electrons. The van der Waals surface area contributed by atoms with E-state index in [4.69, 9.17) is 4.42 Å². The van der Waals surface area contributed by atoms with E-state index in [0.717, 1.165) is 21.0 Å². The van der Waals surface area contributed by atoms with E-state index in [1.807, 2.05) is 36.4 Å². The third-order valence-electron chi connectivity index (χ3n) is 4.26. The topological polar surface area (TPSA) is 47.5 Å². The average Bonchev–Trinajstić information content (AvgIpc) is 3.33. The zero-order chi connectivity index (χ0) is 18.4. The van der Waals surface area contributed by atoms with Crippen LogP contribution in [-0.2, 0) is 0 Å². The van der Waals surface area contributed by atoms with Crippen LogP contribution in [0.4, 0.5) is 0 Å². The van der Waals surface area contributed by atoms with E-state index in [2.05, 4.69) is 36.2 Å². The second kappa shape index (κ2) is 6.40. The second-order valence-corrected chi connectivity index (χ2v) is 8.29. The number of aromatic nitrogens is 2. The highest BCUT2D eigenvalue weighted by molar-refractivity contribution is 7.99. The Hall–Kier alpha value is -2.83. The maximum absolute atomic E-state index is 12.8. The Kier molecular flexibility index (Phi) is 3.88. The van der Waals surface area contributed by atoms with Crippen molar-refractivity contribution in [3.8, 4) is 0 Å². The van der Waals surface area contributed by atoms with E-state index < -0.39 is 0 Å². The van der Waals surface area contributed by atoms with Crippen LogP contribution in [0.3, 0.4) is 0 Å². The van der Waals surface area contributed by atoms with Gasteiger partial charge in [-0.25, -0.2) is 9.38 Å². The van der Waals surface area contributed by atoms with Crippen LogP contribution in [0.1, 0.15) is 11.3 Å². The van der Waals surface area contributed by atoms with Crippen molar-refractivity contribution in [1.82, 2.24) is 9.38 Å². The molecule has 2 aromatic carbocycles. The van der Waals surface area contributed by atoms with Gasteiger partial charge in [-0.1, -0.05) is 52.9 Å². The van der Waals surface area contributed by atoms with Crippen LogP contribution in [-0.4, -0.2) is 9.38 Å². The van der Waals surface area contributed by atoms with Crippen molar-refractivity contribution >= 4 is 45.2 Å². The smallest absolute Gasteiger partial charge is 0.275 e. The first-order valence-corrected chi connectivity index (χ1v) is 10.1. The van der Waals surface area contributed by atoms with Gasteiger partial charge in [-0.15, -0.1) is 0 Å². The summed E-state index contributed by atoms with van der Waals surface area (Å²) in [7, 11) is 0. The molecular weight excluding hydrogens is 376 g/mol. The average molecular weight is 390 g/mol. The summed E-state index contributed by atoms with van der Waals surface area (Å²) < 4.78 is 8.16. The lowest BCUT2D eigenvalue weighted by molar-refractivity contribution is 0.466. The summed E-state index contributed by atoms with van der Waals surface area (Å²) in [5.74, 6) is 0.663. The summed E-state index contributed by atoms with van der Waals surface area (Å²) in [6.07, 6.45) is 1.79. The SMILES string of the molecule is Cc1ccc(Sc2ccc(C=c3sc4nc5ccccc5n4c3=O)o2)cc1. The number of hydrogen-bond donors (Lipinski definition) is 0. The van der Waals surface area contributed by atoms with Gasteiger partial charge in [-0.05, 0) is 43.3 Å². The predicted molar refractivity (Wildman–Crippen MR) is 110 cm³/mol. The van der Waals surface area contributed by atoms with Gasteiger partial charge in [0, 0.05) is 11.0 Å². The zero-order valence-electron chi connectivity index (χ0n) is 14.4. The van der Waals surface area contributed by atoms with Crippen LogP contribution in [0.5, 0.6) is 0 Å². The summed E-state index contributed by atoms with van der Waals surface area (Å²) in [5, 5.41) is 0.796. The van der Waals surface area contributed by atoms with Crippen LogP contribution in [0.25, 0.3) is 22.1 Å². The van der Waals surface area contributed by atoms with E-state index in [1.165, 1.54) is 16.9 Å². The van der Waals surface area contributed by atoms with Gasteiger partial charge in [-0.3, -0.25) is 4.79 Å². The molecule has 0 fully saturated rings. The molecule has 6 heteroatoms. The molecule has 0 amide bonds. The van der Waals surface area contributed by atoms with Gasteiger partial charge in [0.25, 0.3) is 5.56 Å². The van der Waals surface area contributed by atoms with Gasteiger partial charge in [0.2, 0.25) is 0 Å². The number of fused-ring (bicyclic) bond motifs is 3. The molecular formula is C21H14N2O2S2. The molecule has 4 nitrogen and oxygen atoms in total. The highest BCUT2D eigenvalue weighted by Crippen LogP contribution is 2.29. The van der Waals surface area contributed by atoms with Gasteiger partial charge < -0.3 is 4.42 Å². The molecule has 0 unspecified atom stereocenters. The van der Waals surface area contributed by atoms with Crippen molar-refractivity contribution in [3.63, 3.8) is 0 Å². The van der Waals surface area contributed by atoms with Crippen molar-refractivity contribution in [1.29, 1.82) is 0 Å². The van der Waals surface area contributed by atoms with Crippen LogP contribution in [0.2, 0.25) is 0 Å². The second-order valence-electron chi connectivity index (χ2n) is 6.21. The predicted octanol–water partition coefficient (Wildman–Crippen LogP) is 4.51. The summed E-state index contributed by atoms with van der Waals surface area (Å²) in [6.45, 7) is 2.07. The Morgan fingerprint density at radius 3 is 2.74 bits per heavy atom. The number of nitrogens with zero attached hydrogens (tertiary/aromatic N) is 2. The van der Waals surface area contributed by atoms with Crippen molar-refractivity contribution in [3.05, 3.63) is 86.9 Å². The number of aryl methyl sites for hydroxylation is 1. The monoisotopic (exact) mass is 390 g/mol. The lowest BCUT2D eigenvalue weighted by Crippen LogP contribution is -2.22. The number of rotatable bonds is 3. The fourth-order valence-corrected chi connectivity index (χ4v) is 4.68. The Labute approximate surface area is 162 Å². The number of hydrogen-bond acceptors (Lipinski definition) is 5. The third-order valence-corrected chi connectivity index (χ3v) is 6.16. The first-order chi connectivity index (χ1) is 13.2. The largest absolute Gasteiger partial charge is 0.450 e. The van der Waals surface area contributed by atoms with Crippen LogP contribution in [0.15, 0.2) is 79.9 Å². The van der Waals surface area contributed by atoms with E-state index >= 15 is 0 Å². The highest BCUT2D eigenvalue weighted by atomic mass is 32.2. The summed E-state index contributed by atoms with van der Waals surface area (Å²) in [4.78, 5) is 19.1. The normalized spacial score (nSPS) is 12.4. The summed E-state index contributed by atoms with van der Waals surface area (Å²) in [6, 6.07) is 19.8. The Balaban J connectivity index is 1.51. The molecule has 0 saturated heterocycles. The van der Waals surface area contributed by atoms with E-state index in [0.29, 0.717) is 15.3 Å². The van der Waals surface area contributed by atoms with Gasteiger partial charge >= 0.3 is 0 Å². The molecule has 0 aliphatic heterocycles. The first-order valence-electron chi connectivity index (χ1n) is 8.43. The minimum Gasteiger partial charge on any atom is -0.450 e. The fraction of sp³-hybridized carbons (Fsp3) is 0.0476. The number of thiazole rings is 1. The number of para-hydroxylation sites is 2. The summed E-state index contributed by atoms with van der Waals surface area (Å²) in [5.41, 5.74) is 2.84.